The van der Waals surface area contributed by atoms with Crippen molar-refractivity contribution in [2.24, 2.45) is 0 Å². The summed E-state index contributed by atoms with van der Waals surface area (Å²) in [7, 11) is 0. The van der Waals surface area contributed by atoms with Crippen molar-refractivity contribution in [3.63, 3.8) is 0 Å². The molecule has 0 atom stereocenters. The van der Waals surface area contributed by atoms with E-state index in [-0.39, 0.29) is 24.0 Å². The van der Waals surface area contributed by atoms with Gasteiger partial charge in [0.05, 0.1) is 6.54 Å². The number of carbonyl (C=O) groups excluding carboxylic acids is 1. The molecule has 2 N–H and O–H groups in total. The lowest BCUT2D eigenvalue weighted by atomic mass is 10.1. The predicted molar refractivity (Wildman–Crippen MR) is 89.4 cm³/mol. The molecule has 0 saturated carbocycles. The van der Waals surface area contributed by atoms with Gasteiger partial charge < -0.3 is 15.4 Å². The number of hydrogen-bond acceptors (Lipinski definition) is 3. The third-order valence-corrected chi connectivity index (χ3v) is 3.52. The van der Waals surface area contributed by atoms with Crippen LogP contribution in [0.4, 0.5) is 18.9 Å². The summed E-state index contributed by atoms with van der Waals surface area (Å²) < 4.78 is 41.6. The summed E-state index contributed by atoms with van der Waals surface area (Å²) in [5, 5.41) is 5.62. The van der Waals surface area contributed by atoms with Crippen molar-refractivity contribution in [3.8, 4) is 5.75 Å². The van der Waals surface area contributed by atoms with E-state index in [0.29, 0.717) is 18.7 Å². The normalized spacial score (nSPS) is 10.6. The Labute approximate surface area is 144 Å². The van der Waals surface area contributed by atoms with E-state index in [1.54, 1.807) is 18.2 Å². The van der Waals surface area contributed by atoms with Gasteiger partial charge in [0, 0.05) is 12.2 Å². The number of halogens is 3. The zero-order valence-electron chi connectivity index (χ0n) is 13.7. The minimum atomic E-state index is -2.85. The second-order valence-electron chi connectivity index (χ2n) is 5.44. The summed E-state index contributed by atoms with van der Waals surface area (Å²) in [5.74, 6) is -0.494. The minimum Gasteiger partial charge on any atom is -0.435 e. The number of nitrogens with one attached hydrogen (secondary N) is 2. The largest absolute Gasteiger partial charge is 0.435 e. The maximum absolute atomic E-state index is 13.2. The second-order valence-corrected chi connectivity index (χ2v) is 5.44. The Bertz CT molecular complexity index is 706. The average Bonchev–Trinajstić information content (AvgIpc) is 2.57. The molecule has 25 heavy (non-hydrogen) atoms. The van der Waals surface area contributed by atoms with Gasteiger partial charge in [0.2, 0.25) is 5.91 Å². The van der Waals surface area contributed by atoms with Crippen molar-refractivity contribution in [1.82, 2.24) is 5.32 Å². The Kier molecular flexibility index (Phi) is 6.68. The molecule has 134 valence electrons. The summed E-state index contributed by atoms with van der Waals surface area (Å²) >= 11 is 0. The SMILES string of the molecule is Cc1ccc(F)cc1NCC(=O)NCCc1ccc(OC(F)F)cc1. The molecule has 2 rings (SSSR count). The van der Waals surface area contributed by atoms with Crippen LogP contribution < -0.4 is 15.4 Å². The number of ether oxygens (including phenoxy) is 1. The lowest BCUT2D eigenvalue weighted by Gasteiger charge is -2.10. The van der Waals surface area contributed by atoms with Gasteiger partial charge in [-0.3, -0.25) is 4.79 Å². The van der Waals surface area contributed by atoms with Crippen LogP contribution in [0.3, 0.4) is 0 Å². The summed E-state index contributed by atoms with van der Waals surface area (Å²) in [6, 6.07) is 10.6. The molecular weight excluding hydrogens is 333 g/mol. The van der Waals surface area contributed by atoms with Gasteiger partial charge in [-0.2, -0.15) is 8.78 Å². The highest BCUT2D eigenvalue weighted by atomic mass is 19.3. The van der Waals surface area contributed by atoms with Crippen molar-refractivity contribution in [1.29, 1.82) is 0 Å². The van der Waals surface area contributed by atoms with E-state index in [0.717, 1.165) is 11.1 Å². The van der Waals surface area contributed by atoms with Gasteiger partial charge in [-0.25, -0.2) is 4.39 Å². The fourth-order valence-electron chi connectivity index (χ4n) is 2.21. The maximum Gasteiger partial charge on any atom is 0.387 e. The first-order valence-electron chi connectivity index (χ1n) is 7.74. The first-order chi connectivity index (χ1) is 11.9. The average molecular weight is 352 g/mol. The number of carbonyl (C=O) groups is 1. The van der Waals surface area contributed by atoms with E-state index < -0.39 is 6.61 Å². The maximum atomic E-state index is 13.2. The molecule has 0 aliphatic rings. The molecule has 0 radical (unpaired) electrons. The van der Waals surface area contributed by atoms with Crippen LogP contribution in [0.25, 0.3) is 0 Å². The van der Waals surface area contributed by atoms with Gasteiger partial charge in [0.25, 0.3) is 0 Å². The van der Waals surface area contributed by atoms with E-state index in [1.165, 1.54) is 24.3 Å². The van der Waals surface area contributed by atoms with Gasteiger partial charge in [-0.1, -0.05) is 18.2 Å². The van der Waals surface area contributed by atoms with Crippen LogP contribution in [-0.4, -0.2) is 25.6 Å². The number of hydrogen-bond donors (Lipinski definition) is 2. The van der Waals surface area contributed by atoms with E-state index in [4.69, 9.17) is 0 Å². The molecule has 0 bridgehead atoms. The summed E-state index contributed by atoms with van der Waals surface area (Å²) in [5.41, 5.74) is 2.31. The van der Waals surface area contributed by atoms with Gasteiger partial charge in [-0.15, -0.1) is 0 Å². The highest BCUT2D eigenvalue weighted by Gasteiger charge is 2.05. The second kappa shape index (κ2) is 8.96. The van der Waals surface area contributed by atoms with Crippen LogP contribution in [0, 0.1) is 12.7 Å². The molecule has 0 aliphatic heterocycles. The van der Waals surface area contributed by atoms with Crippen LogP contribution >= 0.6 is 0 Å². The molecule has 0 aliphatic carbocycles. The lowest BCUT2D eigenvalue weighted by Crippen LogP contribution is -2.31. The third-order valence-electron chi connectivity index (χ3n) is 3.52. The van der Waals surface area contributed by atoms with Crippen molar-refractivity contribution in [3.05, 3.63) is 59.4 Å². The van der Waals surface area contributed by atoms with Crippen LogP contribution in [-0.2, 0) is 11.2 Å². The number of amides is 1. The predicted octanol–water partition coefficient (Wildman–Crippen LogP) is 3.51. The molecule has 0 saturated heterocycles. The van der Waals surface area contributed by atoms with E-state index in [2.05, 4.69) is 15.4 Å². The minimum absolute atomic E-state index is 0.0332. The summed E-state index contributed by atoms with van der Waals surface area (Å²) in [4.78, 5) is 11.8. The smallest absolute Gasteiger partial charge is 0.387 e. The molecule has 1 amide bonds. The first-order valence-corrected chi connectivity index (χ1v) is 7.74. The molecule has 2 aromatic rings. The Hall–Kier alpha value is -2.70. The Morgan fingerprint density at radius 1 is 1.16 bits per heavy atom. The van der Waals surface area contributed by atoms with Crippen molar-refractivity contribution >= 4 is 11.6 Å². The molecule has 0 heterocycles. The van der Waals surface area contributed by atoms with Gasteiger partial charge in [-0.05, 0) is 48.7 Å². The molecular formula is C18H19F3N2O2. The van der Waals surface area contributed by atoms with E-state index >= 15 is 0 Å². The highest BCUT2D eigenvalue weighted by molar-refractivity contribution is 5.80. The number of anilines is 1. The van der Waals surface area contributed by atoms with Crippen LogP contribution in [0.15, 0.2) is 42.5 Å². The zero-order valence-corrected chi connectivity index (χ0v) is 13.7. The Balaban J connectivity index is 1.72. The van der Waals surface area contributed by atoms with E-state index in [9.17, 15) is 18.0 Å². The van der Waals surface area contributed by atoms with Gasteiger partial charge in [0.15, 0.2) is 0 Å². The quantitative estimate of drug-likeness (QED) is 0.764. The monoisotopic (exact) mass is 352 g/mol. The summed E-state index contributed by atoms with van der Waals surface area (Å²) in [6.07, 6.45) is 0.555. The third kappa shape index (κ3) is 6.37. The van der Waals surface area contributed by atoms with E-state index in [1.807, 2.05) is 6.92 Å². The molecule has 0 unspecified atom stereocenters. The molecule has 2 aromatic carbocycles. The Morgan fingerprint density at radius 2 is 1.88 bits per heavy atom. The fraction of sp³-hybridized carbons (Fsp3) is 0.278. The van der Waals surface area contributed by atoms with Crippen molar-refractivity contribution < 1.29 is 22.7 Å². The van der Waals surface area contributed by atoms with Crippen molar-refractivity contribution in [2.45, 2.75) is 20.0 Å². The fourth-order valence-corrected chi connectivity index (χ4v) is 2.21. The summed E-state index contributed by atoms with van der Waals surface area (Å²) in [6.45, 7) is -0.594. The van der Waals surface area contributed by atoms with Crippen LogP contribution in [0.5, 0.6) is 5.75 Å². The molecule has 0 fully saturated rings. The highest BCUT2D eigenvalue weighted by Crippen LogP contribution is 2.16. The number of alkyl halides is 2. The lowest BCUT2D eigenvalue weighted by molar-refractivity contribution is -0.119. The van der Waals surface area contributed by atoms with Gasteiger partial charge >= 0.3 is 6.61 Å². The molecule has 7 heteroatoms. The molecule has 4 nitrogen and oxygen atoms in total. The number of rotatable bonds is 8. The molecule has 0 spiro atoms. The van der Waals surface area contributed by atoms with Gasteiger partial charge in [0.1, 0.15) is 11.6 Å². The number of benzene rings is 2. The zero-order chi connectivity index (χ0) is 18.2. The Morgan fingerprint density at radius 3 is 2.56 bits per heavy atom. The standard InChI is InChI=1S/C18H19F3N2O2/c1-12-2-5-14(19)10-16(12)23-11-17(24)22-9-8-13-3-6-15(7-4-13)25-18(20)21/h2-7,10,18,23H,8-9,11H2,1H3,(H,22,24). The topological polar surface area (TPSA) is 50.4 Å². The van der Waals surface area contributed by atoms with Crippen LogP contribution in [0.2, 0.25) is 0 Å². The van der Waals surface area contributed by atoms with Crippen molar-refractivity contribution in [2.75, 3.05) is 18.4 Å². The number of aryl methyl sites for hydroxylation is 1. The molecule has 0 aromatic heterocycles. The van der Waals surface area contributed by atoms with Crippen LogP contribution in [0.1, 0.15) is 11.1 Å². The first kappa shape index (κ1) is 18.6.